The summed E-state index contributed by atoms with van der Waals surface area (Å²) in [5.74, 6) is 0.378. The Hall–Kier alpha value is -3.59. The van der Waals surface area contributed by atoms with Crippen molar-refractivity contribution < 1.29 is 0 Å². The van der Waals surface area contributed by atoms with Gasteiger partial charge in [0, 0.05) is 29.5 Å². The molecule has 0 saturated heterocycles. The summed E-state index contributed by atoms with van der Waals surface area (Å²) in [6.45, 7) is 2.01. The van der Waals surface area contributed by atoms with Crippen LogP contribution in [0.3, 0.4) is 0 Å². The fourth-order valence-corrected chi connectivity index (χ4v) is 2.58. The molecule has 0 aliphatic carbocycles. The van der Waals surface area contributed by atoms with E-state index < -0.39 is 0 Å². The van der Waals surface area contributed by atoms with Gasteiger partial charge in [-0.05, 0) is 36.2 Å². The first-order valence-electron chi connectivity index (χ1n) is 7.38. The maximum atomic E-state index is 9.01. The van der Waals surface area contributed by atoms with Gasteiger partial charge in [0.1, 0.15) is 11.8 Å². The van der Waals surface area contributed by atoms with Gasteiger partial charge in [0.2, 0.25) is 0 Å². The Balaban J connectivity index is 1.89. The second kappa shape index (κ2) is 5.56. The highest BCUT2D eigenvalue weighted by atomic mass is 15.3. The van der Waals surface area contributed by atoms with Crippen LogP contribution < -0.4 is 0 Å². The van der Waals surface area contributed by atoms with E-state index in [1.54, 1.807) is 23.1 Å². The predicted octanol–water partition coefficient (Wildman–Crippen LogP) is 3.06. The highest BCUT2D eigenvalue weighted by molar-refractivity contribution is 5.85. The van der Waals surface area contributed by atoms with Crippen LogP contribution in [-0.2, 0) is 0 Å². The third kappa shape index (κ3) is 2.38. The molecule has 4 rings (SSSR count). The lowest BCUT2D eigenvalue weighted by atomic mass is 10.1. The molecule has 0 atom stereocenters. The van der Waals surface area contributed by atoms with Crippen LogP contribution in [0.2, 0.25) is 0 Å². The number of aryl methyl sites for hydroxylation is 1. The van der Waals surface area contributed by atoms with E-state index in [0.717, 1.165) is 27.6 Å². The van der Waals surface area contributed by atoms with Crippen molar-refractivity contribution in [3.8, 4) is 23.1 Å². The Labute approximate surface area is 138 Å². The second-order valence-electron chi connectivity index (χ2n) is 5.43. The van der Waals surface area contributed by atoms with Gasteiger partial charge in [0.15, 0.2) is 0 Å². The van der Waals surface area contributed by atoms with Gasteiger partial charge in [-0.1, -0.05) is 12.1 Å². The van der Waals surface area contributed by atoms with E-state index in [9.17, 15) is 0 Å². The quantitative estimate of drug-likeness (QED) is 0.568. The standard InChI is InChI=1S/C18H12N6/c1-12-6-15(10-20-9-12)13-2-3-14-11-22-24(17(14)7-13)18-21-5-4-16(8-19)23-18/h2-7,9-11H,1H3. The predicted molar refractivity (Wildman–Crippen MR) is 89.3 cm³/mol. The Morgan fingerprint density at radius 2 is 1.96 bits per heavy atom. The van der Waals surface area contributed by atoms with Crippen LogP contribution >= 0.6 is 0 Å². The summed E-state index contributed by atoms with van der Waals surface area (Å²) in [5, 5.41) is 14.4. The Morgan fingerprint density at radius 1 is 1.04 bits per heavy atom. The van der Waals surface area contributed by atoms with E-state index in [-0.39, 0.29) is 0 Å². The van der Waals surface area contributed by atoms with Gasteiger partial charge in [-0.2, -0.15) is 15.0 Å². The molecule has 0 bridgehead atoms. The number of hydrogen-bond acceptors (Lipinski definition) is 5. The first-order chi connectivity index (χ1) is 11.7. The van der Waals surface area contributed by atoms with Crippen LogP contribution in [0, 0.1) is 18.3 Å². The molecule has 3 aromatic heterocycles. The van der Waals surface area contributed by atoms with Crippen molar-refractivity contribution in [2.45, 2.75) is 6.92 Å². The lowest BCUT2D eigenvalue weighted by molar-refractivity contribution is 0.829. The van der Waals surface area contributed by atoms with Crippen LogP contribution in [0.25, 0.3) is 28.0 Å². The van der Waals surface area contributed by atoms with Gasteiger partial charge < -0.3 is 0 Å². The van der Waals surface area contributed by atoms with Crippen molar-refractivity contribution in [3.63, 3.8) is 0 Å². The summed E-state index contributed by atoms with van der Waals surface area (Å²) in [6, 6.07) is 11.7. The highest BCUT2D eigenvalue weighted by Crippen LogP contribution is 2.25. The van der Waals surface area contributed by atoms with Crippen molar-refractivity contribution in [2.75, 3.05) is 0 Å². The molecule has 0 spiro atoms. The molecule has 6 heteroatoms. The van der Waals surface area contributed by atoms with Gasteiger partial charge >= 0.3 is 0 Å². The van der Waals surface area contributed by atoms with E-state index in [1.165, 1.54) is 0 Å². The Bertz CT molecular complexity index is 1090. The van der Waals surface area contributed by atoms with E-state index in [0.29, 0.717) is 11.6 Å². The molecule has 0 unspecified atom stereocenters. The zero-order valence-electron chi connectivity index (χ0n) is 12.9. The number of nitriles is 1. The summed E-state index contributed by atoms with van der Waals surface area (Å²) < 4.78 is 1.64. The summed E-state index contributed by atoms with van der Waals surface area (Å²) in [4.78, 5) is 12.7. The lowest BCUT2D eigenvalue weighted by Gasteiger charge is -2.05. The average Bonchev–Trinajstić information content (AvgIpc) is 3.05. The van der Waals surface area contributed by atoms with E-state index in [4.69, 9.17) is 5.26 Å². The molecule has 24 heavy (non-hydrogen) atoms. The van der Waals surface area contributed by atoms with Crippen molar-refractivity contribution in [3.05, 3.63) is 66.4 Å². The molecule has 0 amide bonds. The molecule has 0 fully saturated rings. The monoisotopic (exact) mass is 312 g/mol. The molecule has 0 radical (unpaired) electrons. The first-order valence-corrected chi connectivity index (χ1v) is 7.38. The number of benzene rings is 1. The maximum absolute atomic E-state index is 9.01. The summed E-state index contributed by atoms with van der Waals surface area (Å²) in [7, 11) is 0. The van der Waals surface area contributed by atoms with Gasteiger partial charge in [-0.3, -0.25) is 4.98 Å². The number of fused-ring (bicyclic) bond motifs is 1. The van der Waals surface area contributed by atoms with Crippen molar-refractivity contribution in [1.82, 2.24) is 24.7 Å². The largest absolute Gasteiger partial charge is 0.264 e. The Morgan fingerprint density at radius 3 is 2.79 bits per heavy atom. The molecule has 0 N–H and O–H groups in total. The molecule has 0 aliphatic rings. The van der Waals surface area contributed by atoms with Crippen LogP contribution in [0.15, 0.2) is 55.1 Å². The second-order valence-corrected chi connectivity index (χ2v) is 5.43. The van der Waals surface area contributed by atoms with Crippen molar-refractivity contribution >= 4 is 10.9 Å². The summed E-state index contributed by atoms with van der Waals surface area (Å²) in [6.07, 6.45) is 6.98. The minimum atomic E-state index is 0.308. The van der Waals surface area contributed by atoms with Crippen LogP contribution in [0.1, 0.15) is 11.3 Å². The molecular weight excluding hydrogens is 300 g/mol. The highest BCUT2D eigenvalue weighted by Gasteiger charge is 2.10. The molecular formula is C18H12N6. The summed E-state index contributed by atoms with van der Waals surface area (Å²) >= 11 is 0. The lowest BCUT2D eigenvalue weighted by Crippen LogP contribution is -2.03. The molecule has 4 aromatic rings. The fourth-order valence-electron chi connectivity index (χ4n) is 2.58. The van der Waals surface area contributed by atoms with Gasteiger partial charge in [0.05, 0.1) is 11.7 Å². The van der Waals surface area contributed by atoms with Crippen molar-refractivity contribution in [1.29, 1.82) is 5.26 Å². The third-order valence-corrected chi connectivity index (χ3v) is 3.73. The normalized spacial score (nSPS) is 10.7. The van der Waals surface area contributed by atoms with E-state index in [2.05, 4.69) is 26.1 Å². The average molecular weight is 312 g/mol. The topological polar surface area (TPSA) is 80.3 Å². The summed E-state index contributed by atoms with van der Waals surface area (Å²) in [5.41, 5.74) is 4.37. The van der Waals surface area contributed by atoms with Gasteiger partial charge in [0.25, 0.3) is 5.95 Å². The minimum Gasteiger partial charge on any atom is -0.264 e. The number of nitrogens with zero attached hydrogens (tertiary/aromatic N) is 6. The number of hydrogen-bond donors (Lipinski definition) is 0. The SMILES string of the molecule is Cc1cncc(-c2ccc3cnn(-c4nccc(C#N)n4)c3c2)c1. The molecule has 0 aliphatic heterocycles. The molecule has 6 nitrogen and oxygen atoms in total. The van der Waals surface area contributed by atoms with Crippen molar-refractivity contribution in [2.24, 2.45) is 0 Å². The van der Waals surface area contributed by atoms with Crippen LogP contribution in [0.5, 0.6) is 0 Å². The zero-order chi connectivity index (χ0) is 16.5. The maximum Gasteiger partial charge on any atom is 0.252 e. The van der Waals surface area contributed by atoms with E-state index in [1.807, 2.05) is 43.6 Å². The van der Waals surface area contributed by atoms with E-state index >= 15 is 0 Å². The molecule has 1 aromatic carbocycles. The molecule has 114 valence electrons. The van der Waals surface area contributed by atoms with Gasteiger partial charge in [-0.25, -0.2) is 9.97 Å². The fraction of sp³-hybridized carbons (Fsp3) is 0.0556. The number of pyridine rings is 1. The number of rotatable bonds is 2. The first kappa shape index (κ1) is 14.0. The molecule has 3 heterocycles. The Kier molecular flexibility index (Phi) is 3.25. The van der Waals surface area contributed by atoms with Gasteiger partial charge in [-0.15, -0.1) is 0 Å². The smallest absolute Gasteiger partial charge is 0.252 e. The minimum absolute atomic E-state index is 0.308. The van der Waals surface area contributed by atoms with Crippen LogP contribution in [-0.4, -0.2) is 24.7 Å². The zero-order valence-corrected chi connectivity index (χ0v) is 12.9. The third-order valence-electron chi connectivity index (χ3n) is 3.73. The number of aromatic nitrogens is 5. The molecule has 0 saturated carbocycles. The van der Waals surface area contributed by atoms with Crippen LogP contribution in [0.4, 0.5) is 0 Å².